The molecule has 0 saturated carbocycles. The molecule has 52 heavy (non-hydrogen) atoms. The molecule has 24 heteroatoms. The molecule has 0 aromatic heterocycles. The second-order valence-electron chi connectivity index (χ2n) is 15.4. The standard InChI is InChI=1S/C28H64O16Si8/c29-9-1-17-45-25-46(18-2-10-30)38-49(21-5-13-33)26-47(37-45,19-3-11-31)43-50(22-6-14-34)27-48(41-45,20-4-12-32)39-51(42-46,23-7-15-35)28-52(40-50,44-49)24-8-16-36/h29-36H,1-28H2. The summed E-state index contributed by atoms with van der Waals surface area (Å²) in [6.45, 7) is -0.689. The van der Waals surface area contributed by atoms with E-state index in [1.807, 2.05) is 0 Å². The quantitative estimate of drug-likeness (QED) is 0.0631. The van der Waals surface area contributed by atoms with E-state index in [1.165, 1.54) is 0 Å². The fourth-order valence-corrected chi connectivity index (χ4v) is 81.3. The Balaban J connectivity index is 1.88. The average Bonchev–Trinajstić information content (AvgIpc) is 3.08. The summed E-state index contributed by atoms with van der Waals surface area (Å²) in [4.78, 5) is 0. The molecule has 6 aliphatic heterocycles. The molecule has 0 aromatic carbocycles. The van der Waals surface area contributed by atoms with Crippen LogP contribution < -0.4 is 0 Å². The molecular formula is C28H64O16Si8. The predicted octanol–water partition coefficient (Wildman–Crippen LogP) is 0.941. The van der Waals surface area contributed by atoms with Crippen molar-refractivity contribution in [2.75, 3.05) is 52.9 Å². The lowest BCUT2D eigenvalue weighted by Crippen LogP contribution is -2.85. The minimum Gasteiger partial charge on any atom is -0.415 e. The first-order valence-electron chi connectivity index (χ1n) is 19.5. The van der Waals surface area contributed by atoms with Crippen LogP contribution in [0.15, 0.2) is 0 Å². The zero-order valence-corrected chi connectivity index (χ0v) is 38.6. The van der Waals surface area contributed by atoms with E-state index in [2.05, 4.69) is 0 Å². The zero-order chi connectivity index (χ0) is 37.5. The number of hydrogen-bond donors (Lipinski definition) is 8. The van der Waals surface area contributed by atoms with Crippen LogP contribution in [0.1, 0.15) is 51.4 Å². The Bertz CT molecular complexity index is 813. The molecule has 6 heterocycles. The van der Waals surface area contributed by atoms with Crippen molar-refractivity contribution >= 4 is 68.5 Å². The fraction of sp³-hybridized carbons (Fsp3) is 1.00. The van der Waals surface area contributed by atoms with Gasteiger partial charge in [-0.25, -0.2) is 0 Å². The lowest BCUT2D eigenvalue weighted by atomic mass is 10.5. The smallest absolute Gasteiger partial charge is 0.322 e. The van der Waals surface area contributed by atoms with Crippen LogP contribution in [-0.2, 0) is 32.9 Å². The van der Waals surface area contributed by atoms with Gasteiger partial charge >= 0.3 is 68.5 Å². The molecule has 0 aliphatic carbocycles. The van der Waals surface area contributed by atoms with Crippen LogP contribution in [0.2, 0.25) is 71.0 Å². The van der Waals surface area contributed by atoms with E-state index in [-0.39, 0.29) is 52.9 Å². The van der Waals surface area contributed by atoms with Gasteiger partial charge in [0.15, 0.2) is 0 Å². The number of hydrogen-bond acceptors (Lipinski definition) is 16. The summed E-state index contributed by atoms with van der Waals surface area (Å²) in [5, 5.41) is 82.2. The topological polar surface area (TPSA) is 236 Å². The monoisotopic (exact) mass is 880 g/mol. The predicted molar refractivity (Wildman–Crippen MR) is 206 cm³/mol. The van der Waals surface area contributed by atoms with Gasteiger partial charge in [0.2, 0.25) is 0 Å². The van der Waals surface area contributed by atoms with Crippen molar-refractivity contribution in [2.45, 2.75) is 122 Å². The molecule has 6 saturated heterocycles. The second kappa shape index (κ2) is 18.8. The van der Waals surface area contributed by atoms with E-state index in [4.69, 9.17) is 32.9 Å². The maximum atomic E-state index is 10.3. The Hall–Kier alpha value is 1.10. The van der Waals surface area contributed by atoms with Gasteiger partial charge in [-0.15, -0.1) is 0 Å². The van der Waals surface area contributed by atoms with Crippen LogP contribution in [0, 0.1) is 0 Å². The average molecular weight is 881 g/mol. The van der Waals surface area contributed by atoms with Crippen LogP contribution in [0.25, 0.3) is 0 Å². The minimum atomic E-state index is -3.51. The molecule has 304 valence electrons. The Morgan fingerprint density at radius 2 is 0.346 bits per heavy atom. The van der Waals surface area contributed by atoms with Gasteiger partial charge in [0.25, 0.3) is 0 Å². The van der Waals surface area contributed by atoms with Gasteiger partial charge in [-0.1, -0.05) is 0 Å². The van der Waals surface area contributed by atoms with Crippen molar-refractivity contribution in [1.29, 1.82) is 0 Å². The van der Waals surface area contributed by atoms with Crippen LogP contribution in [0.5, 0.6) is 0 Å². The van der Waals surface area contributed by atoms with Gasteiger partial charge in [0, 0.05) is 75.5 Å². The highest BCUT2D eigenvalue weighted by molar-refractivity contribution is 7.13. The van der Waals surface area contributed by atoms with E-state index in [0.29, 0.717) is 122 Å². The first kappa shape index (κ1) is 44.2. The molecule has 8 N–H and O–H groups in total. The van der Waals surface area contributed by atoms with Crippen LogP contribution in [0.3, 0.4) is 0 Å². The number of aliphatic hydroxyl groups is 8. The molecule has 0 atom stereocenters. The first-order chi connectivity index (χ1) is 25.0. The van der Waals surface area contributed by atoms with Crippen molar-refractivity contribution in [1.82, 2.24) is 0 Å². The molecule has 0 spiro atoms. The van der Waals surface area contributed by atoms with Crippen molar-refractivity contribution < 1.29 is 73.8 Å². The third-order valence-electron chi connectivity index (χ3n) is 10.9. The second-order valence-corrected chi connectivity index (χ2v) is 46.2. The lowest BCUT2D eigenvalue weighted by molar-refractivity contribution is 0.154. The number of aliphatic hydroxyl groups excluding tert-OH is 8. The summed E-state index contributed by atoms with van der Waals surface area (Å²) in [7, 11) is -28.1. The van der Waals surface area contributed by atoms with E-state index in [1.54, 1.807) is 0 Å². The molecule has 0 radical (unpaired) electrons. The van der Waals surface area contributed by atoms with Crippen LogP contribution >= 0.6 is 0 Å². The van der Waals surface area contributed by atoms with Crippen molar-refractivity contribution in [2.24, 2.45) is 0 Å². The SMILES string of the molecule is OCCC[Si]12C[Si]3(CCCO)O[Si]4(CCCO)C[Si]5(CCCO)O[Si](CCCO)(C[Si](CCCO)(O1)O4)O[Si](CCCO)(C[Si](CCCO)(O3)O5)O2. The maximum Gasteiger partial charge on any atom is 0.322 e. The van der Waals surface area contributed by atoms with Crippen LogP contribution in [0.4, 0.5) is 0 Å². The van der Waals surface area contributed by atoms with Crippen molar-refractivity contribution in [3.05, 3.63) is 0 Å². The largest absolute Gasteiger partial charge is 0.415 e. The molecule has 0 unspecified atom stereocenters. The highest BCUT2D eigenvalue weighted by Gasteiger charge is 2.78. The van der Waals surface area contributed by atoms with Crippen molar-refractivity contribution in [3.8, 4) is 0 Å². The molecule has 6 fully saturated rings. The first-order valence-corrected chi connectivity index (χ1v) is 37.3. The Morgan fingerprint density at radius 1 is 0.231 bits per heavy atom. The molecule has 0 amide bonds. The fourth-order valence-electron chi connectivity index (χ4n) is 9.41. The molecular weight excluding hydrogens is 817 g/mol. The summed E-state index contributed by atoms with van der Waals surface area (Å²) in [6, 6.07) is 3.42. The van der Waals surface area contributed by atoms with Crippen molar-refractivity contribution in [3.63, 3.8) is 0 Å². The maximum absolute atomic E-state index is 10.3. The Kier molecular flexibility index (Phi) is 16.0. The van der Waals surface area contributed by atoms with Gasteiger partial charge in [-0.2, -0.15) is 0 Å². The number of rotatable bonds is 24. The third kappa shape index (κ3) is 10.0. The van der Waals surface area contributed by atoms with Gasteiger partial charge in [0.05, 0.1) is 0 Å². The lowest BCUT2D eigenvalue weighted by Gasteiger charge is -2.66. The molecule has 6 rings (SSSR count). The Morgan fingerprint density at radius 3 is 0.442 bits per heavy atom. The summed E-state index contributed by atoms with van der Waals surface area (Å²) >= 11 is 0. The summed E-state index contributed by atoms with van der Waals surface area (Å²) < 4.78 is 62.0. The van der Waals surface area contributed by atoms with Gasteiger partial charge in [-0.3, -0.25) is 0 Å². The molecule has 6 aliphatic rings. The Labute approximate surface area is 316 Å². The van der Waals surface area contributed by atoms with Crippen LogP contribution in [-0.4, -0.2) is 162 Å². The molecule has 0 aromatic rings. The molecule has 16 nitrogen and oxygen atoms in total. The highest BCUT2D eigenvalue weighted by atomic mass is 28.6. The normalized spacial score (nSPS) is 41.1. The molecule has 8 bridgehead atoms. The highest BCUT2D eigenvalue weighted by Crippen LogP contribution is 2.58. The van der Waals surface area contributed by atoms with E-state index >= 15 is 0 Å². The summed E-state index contributed by atoms with van der Waals surface area (Å²) in [6.07, 6.45) is 3.25. The van der Waals surface area contributed by atoms with Gasteiger partial charge < -0.3 is 73.8 Å². The zero-order valence-electron chi connectivity index (χ0n) is 30.6. The van der Waals surface area contributed by atoms with E-state index in [0.717, 1.165) is 0 Å². The third-order valence-corrected chi connectivity index (χ3v) is 60.8. The van der Waals surface area contributed by atoms with E-state index < -0.39 is 68.5 Å². The summed E-state index contributed by atoms with van der Waals surface area (Å²) in [5.74, 6) is 0. The summed E-state index contributed by atoms with van der Waals surface area (Å²) in [5.41, 5.74) is 1.43. The van der Waals surface area contributed by atoms with Gasteiger partial charge in [-0.05, 0) is 99.7 Å². The van der Waals surface area contributed by atoms with Gasteiger partial charge in [0.1, 0.15) is 0 Å². The minimum absolute atomic E-state index is 0.0861. The van der Waals surface area contributed by atoms with E-state index in [9.17, 15) is 40.9 Å².